The van der Waals surface area contributed by atoms with Crippen LogP contribution in [0.2, 0.25) is 0 Å². The lowest BCUT2D eigenvalue weighted by Crippen LogP contribution is -2.28. The normalized spacial score (nSPS) is 12.3. The van der Waals surface area contributed by atoms with Crippen LogP contribution in [0.4, 0.5) is 0 Å². The van der Waals surface area contributed by atoms with Crippen LogP contribution in [0, 0.1) is 0 Å². The second-order valence-electron chi connectivity index (χ2n) is 20.1. The van der Waals surface area contributed by atoms with E-state index in [9.17, 15) is 14.7 Å². The van der Waals surface area contributed by atoms with Crippen molar-refractivity contribution in [3.63, 3.8) is 0 Å². The van der Waals surface area contributed by atoms with Gasteiger partial charge in [-0.2, -0.15) is 0 Å². The van der Waals surface area contributed by atoms with Gasteiger partial charge in [0.25, 0.3) is 0 Å². The first-order valence-corrected chi connectivity index (χ1v) is 29.5. The molecule has 0 bridgehead atoms. The second kappa shape index (κ2) is 57.4. The smallest absolute Gasteiger partial charge is 0.306 e. The Morgan fingerprint density at radius 2 is 0.606 bits per heavy atom. The van der Waals surface area contributed by atoms with E-state index in [0.717, 1.165) is 44.9 Å². The van der Waals surface area contributed by atoms with Crippen molar-refractivity contribution >= 4 is 11.9 Å². The quantitative estimate of drug-likeness (QED) is 0.0374. The van der Waals surface area contributed by atoms with Crippen LogP contribution in [-0.2, 0) is 19.1 Å². The molecule has 0 aliphatic heterocycles. The fourth-order valence-electron chi connectivity index (χ4n) is 8.94. The Kier molecular flexibility index (Phi) is 55.8. The van der Waals surface area contributed by atoms with Crippen molar-refractivity contribution in [1.29, 1.82) is 0 Å². The summed E-state index contributed by atoms with van der Waals surface area (Å²) in [4.78, 5) is 24.5. The van der Waals surface area contributed by atoms with Gasteiger partial charge < -0.3 is 14.6 Å². The molecule has 0 aliphatic rings. The Balaban J connectivity index is 3.43. The van der Waals surface area contributed by atoms with Crippen molar-refractivity contribution < 1.29 is 24.2 Å². The van der Waals surface area contributed by atoms with E-state index in [4.69, 9.17) is 9.47 Å². The van der Waals surface area contributed by atoms with Crippen LogP contribution in [-0.4, -0.2) is 36.4 Å². The molecular formula is C61H114O5. The minimum absolute atomic E-state index is 0.0624. The van der Waals surface area contributed by atoms with E-state index in [2.05, 4.69) is 50.3 Å². The van der Waals surface area contributed by atoms with E-state index < -0.39 is 6.10 Å². The number of ether oxygens (including phenoxy) is 2. The number of aliphatic hydroxyl groups is 1. The highest BCUT2D eigenvalue weighted by Crippen LogP contribution is 2.17. The largest absolute Gasteiger partial charge is 0.462 e. The number of aliphatic hydroxyl groups excluding tert-OH is 1. The van der Waals surface area contributed by atoms with Crippen molar-refractivity contribution in [1.82, 2.24) is 0 Å². The van der Waals surface area contributed by atoms with Gasteiger partial charge in [-0.15, -0.1) is 0 Å². The van der Waals surface area contributed by atoms with E-state index >= 15 is 0 Å². The van der Waals surface area contributed by atoms with Gasteiger partial charge in [0.2, 0.25) is 0 Å². The maximum absolute atomic E-state index is 12.3. The van der Waals surface area contributed by atoms with Gasteiger partial charge in [0, 0.05) is 12.8 Å². The lowest BCUT2D eigenvalue weighted by atomic mass is 10.0. The summed E-state index contributed by atoms with van der Waals surface area (Å²) in [6.45, 7) is 4.17. The molecular weight excluding hydrogens is 813 g/mol. The predicted octanol–water partition coefficient (Wildman–Crippen LogP) is 19.9. The van der Waals surface area contributed by atoms with Gasteiger partial charge in [-0.25, -0.2) is 0 Å². The Labute approximate surface area is 412 Å². The van der Waals surface area contributed by atoms with Crippen LogP contribution in [0.25, 0.3) is 0 Å². The molecule has 66 heavy (non-hydrogen) atoms. The average molecular weight is 928 g/mol. The summed E-state index contributed by atoms with van der Waals surface area (Å²) in [5.74, 6) is -0.576. The highest BCUT2D eigenvalue weighted by Gasteiger charge is 2.16. The summed E-state index contributed by atoms with van der Waals surface area (Å²) in [5, 5.41) is 9.66. The average Bonchev–Trinajstić information content (AvgIpc) is 3.32. The van der Waals surface area contributed by atoms with Gasteiger partial charge in [-0.3, -0.25) is 9.59 Å². The molecule has 0 aromatic heterocycles. The number of hydrogen-bond acceptors (Lipinski definition) is 5. The fraction of sp³-hybridized carbons (Fsp3) is 0.869. The molecule has 0 spiro atoms. The number of carbonyl (C=O) groups excluding carboxylic acids is 2. The van der Waals surface area contributed by atoms with E-state index in [-0.39, 0.29) is 25.2 Å². The van der Waals surface area contributed by atoms with Crippen LogP contribution in [0.15, 0.2) is 36.5 Å². The van der Waals surface area contributed by atoms with Crippen molar-refractivity contribution in [2.45, 2.75) is 328 Å². The highest BCUT2D eigenvalue weighted by molar-refractivity contribution is 5.70. The Hall–Kier alpha value is -1.88. The van der Waals surface area contributed by atoms with Crippen LogP contribution in [0.3, 0.4) is 0 Å². The number of allylic oxidation sites excluding steroid dienone is 6. The van der Waals surface area contributed by atoms with Crippen molar-refractivity contribution in [3.05, 3.63) is 36.5 Å². The number of rotatable bonds is 55. The molecule has 5 heteroatoms. The first kappa shape index (κ1) is 64.1. The maximum atomic E-state index is 12.3. The molecule has 0 fully saturated rings. The van der Waals surface area contributed by atoms with E-state index in [0.29, 0.717) is 12.8 Å². The molecule has 1 N–H and O–H groups in total. The van der Waals surface area contributed by atoms with Crippen LogP contribution < -0.4 is 0 Å². The highest BCUT2D eigenvalue weighted by atomic mass is 16.6. The molecule has 0 amide bonds. The molecule has 0 saturated carbocycles. The molecule has 5 nitrogen and oxygen atoms in total. The molecule has 0 radical (unpaired) electrons. The van der Waals surface area contributed by atoms with Crippen LogP contribution >= 0.6 is 0 Å². The Morgan fingerprint density at radius 1 is 0.348 bits per heavy atom. The summed E-state index contributed by atoms with van der Waals surface area (Å²) < 4.78 is 10.7. The minimum Gasteiger partial charge on any atom is -0.462 e. The molecule has 0 saturated heterocycles. The molecule has 0 aliphatic carbocycles. The summed E-state index contributed by atoms with van der Waals surface area (Å²) in [6, 6.07) is 0. The first-order valence-electron chi connectivity index (χ1n) is 29.5. The summed E-state index contributed by atoms with van der Waals surface area (Å²) in [5.41, 5.74) is 0. The summed E-state index contributed by atoms with van der Waals surface area (Å²) in [6.07, 6.45) is 74.1. The predicted molar refractivity (Wildman–Crippen MR) is 288 cm³/mol. The third-order valence-corrected chi connectivity index (χ3v) is 13.4. The van der Waals surface area contributed by atoms with Crippen LogP contribution in [0.1, 0.15) is 322 Å². The molecule has 1 unspecified atom stereocenters. The number of carbonyl (C=O) groups is 2. The molecule has 0 heterocycles. The SMILES string of the molecule is CCCCCCC/C=C\C/C=C\CCCCCCCCCCCCCC(=O)OC(CO)COC(=O)CCCCCCCCCCCCCCCCCCC/C=C\CCCCCCCCCC. The second-order valence-corrected chi connectivity index (χ2v) is 20.1. The third-order valence-electron chi connectivity index (χ3n) is 13.4. The number of esters is 2. The fourth-order valence-corrected chi connectivity index (χ4v) is 8.94. The zero-order chi connectivity index (χ0) is 47.7. The lowest BCUT2D eigenvalue weighted by Gasteiger charge is -2.15. The van der Waals surface area contributed by atoms with Gasteiger partial charge >= 0.3 is 11.9 Å². The van der Waals surface area contributed by atoms with Crippen molar-refractivity contribution in [2.24, 2.45) is 0 Å². The number of hydrogen-bond donors (Lipinski definition) is 1. The zero-order valence-electron chi connectivity index (χ0n) is 44.5. The Bertz CT molecular complexity index is 1050. The number of unbranched alkanes of at least 4 members (excludes halogenated alkanes) is 41. The van der Waals surface area contributed by atoms with Crippen molar-refractivity contribution in [3.8, 4) is 0 Å². The van der Waals surface area contributed by atoms with E-state index in [1.807, 2.05) is 0 Å². The van der Waals surface area contributed by atoms with E-state index in [1.165, 1.54) is 250 Å². The molecule has 0 aromatic rings. The Morgan fingerprint density at radius 3 is 0.909 bits per heavy atom. The summed E-state index contributed by atoms with van der Waals surface area (Å²) in [7, 11) is 0. The van der Waals surface area contributed by atoms with E-state index in [1.54, 1.807) is 0 Å². The standard InChI is InChI=1S/C61H114O5/c1-3-5-7-9-11-13-15-17-19-21-23-25-27-28-29-30-31-32-34-35-37-39-41-43-45-47-49-51-53-55-60(63)65-58-59(57-62)66-61(64)56-54-52-50-48-46-44-42-40-38-36-33-26-24-22-20-18-16-14-12-10-8-6-4-2/h16,18,21-24,59,62H,3-15,17,19-20,25-58H2,1-2H3/b18-16-,23-21-,24-22-. The maximum Gasteiger partial charge on any atom is 0.306 e. The van der Waals surface area contributed by atoms with Gasteiger partial charge in [0.1, 0.15) is 6.61 Å². The molecule has 1 atom stereocenters. The van der Waals surface area contributed by atoms with Gasteiger partial charge in [-0.1, -0.05) is 275 Å². The van der Waals surface area contributed by atoms with Crippen molar-refractivity contribution in [2.75, 3.05) is 13.2 Å². The summed E-state index contributed by atoms with van der Waals surface area (Å²) >= 11 is 0. The first-order chi connectivity index (χ1) is 32.6. The zero-order valence-corrected chi connectivity index (χ0v) is 44.5. The minimum atomic E-state index is -0.772. The molecule has 0 rings (SSSR count). The van der Waals surface area contributed by atoms with Gasteiger partial charge in [0.05, 0.1) is 6.61 Å². The third kappa shape index (κ3) is 54.7. The molecule has 0 aromatic carbocycles. The monoisotopic (exact) mass is 927 g/mol. The van der Waals surface area contributed by atoms with Crippen LogP contribution in [0.5, 0.6) is 0 Å². The van der Waals surface area contributed by atoms with Gasteiger partial charge in [0.15, 0.2) is 6.10 Å². The lowest BCUT2D eigenvalue weighted by molar-refractivity contribution is -0.161. The van der Waals surface area contributed by atoms with Gasteiger partial charge in [-0.05, 0) is 70.6 Å². The molecule has 388 valence electrons. The topological polar surface area (TPSA) is 72.8 Å².